The molecule has 1 amide bonds. The van der Waals surface area contributed by atoms with Crippen LogP contribution in [-0.2, 0) is 0 Å². The molecule has 3 heterocycles. The molecule has 2 aromatic heterocycles. The highest BCUT2D eigenvalue weighted by molar-refractivity contribution is 7.12. The van der Waals surface area contributed by atoms with Crippen molar-refractivity contribution in [2.24, 2.45) is 0 Å². The van der Waals surface area contributed by atoms with Crippen LogP contribution >= 0.6 is 11.3 Å². The van der Waals surface area contributed by atoms with Gasteiger partial charge in [-0.3, -0.25) is 9.69 Å². The van der Waals surface area contributed by atoms with E-state index in [0.717, 1.165) is 29.3 Å². The quantitative estimate of drug-likeness (QED) is 0.916. The van der Waals surface area contributed by atoms with Gasteiger partial charge in [-0.15, -0.1) is 11.3 Å². The number of amides is 1. The van der Waals surface area contributed by atoms with Crippen molar-refractivity contribution in [3.05, 3.63) is 46.0 Å². The fourth-order valence-corrected chi connectivity index (χ4v) is 3.84. The number of carbonyl (C=O) groups excluding carboxylic acids is 1. The number of aryl methyl sites for hydroxylation is 1. The summed E-state index contributed by atoms with van der Waals surface area (Å²) in [7, 11) is 0. The van der Waals surface area contributed by atoms with Crippen molar-refractivity contribution in [2.45, 2.75) is 32.2 Å². The summed E-state index contributed by atoms with van der Waals surface area (Å²) in [6.45, 7) is 4.70. The van der Waals surface area contributed by atoms with Crippen LogP contribution in [0.3, 0.4) is 0 Å². The first-order chi connectivity index (χ1) is 10.8. The van der Waals surface area contributed by atoms with Crippen molar-refractivity contribution in [2.75, 3.05) is 19.6 Å². The molecule has 1 aliphatic heterocycles. The van der Waals surface area contributed by atoms with Crippen molar-refractivity contribution >= 4 is 17.2 Å². The van der Waals surface area contributed by atoms with Crippen LogP contribution < -0.4 is 5.32 Å². The first-order valence-corrected chi connectivity index (χ1v) is 8.73. The van der Waals surface area contributed by atoms with Crippen molar-refractivity contribution in [1.29, 1.82) is 0 Å². The van der Waals surface area contributed by atoms with E-state index in [0.29, 0.717) is 6.54 Å². The van der Waals surface area contributed by atoms with Crippen molar-refractivity contribution in [3.63, 3.8) is 0 Å². The fourth-order valence-electron chi connectivity index (χ4n) is 3.00. The fraction of sp³-hybridized carbons (Fsp3) is 0.471. The molecular formula is C17H22N2O2S. The molecule has 1 fully saturated rings. The zero-order chi connectivity index (χ0) is 15.4. The van der Waals surface area contributed by atoms with E-state index in [4.69, 9.17) is 4.42 Å². The summed E-state index contributed by atoms with van der Waals surface area (Å²) in [5.41, 5.74) is 1.04. The van der Waals surface area contributed by atoms with Gasteiger partial charge in [0, 0.05) is 6.54 Å². The SMILES string of the molecule is Cc1ccsc1C(=O)NCC(c1ccco1)N1CCCCC1. The van der Waals surface area contributed by atoms with Crippen molar-refractivity contribution < 1.29 is 9.21 Å². The minimum absolute atomic E-state index is 0.0149. The van der Waals surface area contributed by atoms with Gasteiger partial charge in [0.25, 0.3) is 5.91 Å². The van der Waals surface area contributed by atoms with Gasteiger partial charge in [0.1, 0.15) is 5.76 Å². The molecule has 3 rings (SSSR count). The predicted molar refractivity (Wildman–Crippen MR) is 88.3 cm³/mol. The zero-order valence-electron chi connectivity index (χ0n) is 12.9. The molecule has 0 radical (unpaired) electrons. The number of carbonyl (C=O) groups is 1. The molecule has 1 aliphatic rings. The average molecular weight is 318 g/mol. The molecule has 1 atom stereocenters. The van der Waals surface area contributed by atoms with Crippen LogP contribution in [0.5, 0.6) is 0 Å². The Morgan fingerprint density at radius 3 is 2.82 bits per heavy atom. The summed E-state index contributed by atoms with van der Waals surface area (Å²) in [5.74, 6) is 0.950. The average Bonchev–Trinajstić information content (AvgIpc) is 3.20. The third-order valence-electron chi connectivity index (χ3n) is 4.23. The Hall–Kier alpha value is -1.59. The van der Waals surface area contributed by atoms with Gasteiger partial charge >= 0.3 is 0 Å². The maximum atomic E-state index is 12.3. The lowest BCUT2D eigenvalue weighted by atomic mass is 10.1. The molecule has 0 aromatic carbocycles. The molecule has 22 heavy (non-hydrogen) atoms. The molecule has 1 saturated heterocycles. The van der Waals surface area contributed by atoms with Gasteiger partial charge in [-0.2, -0.15) is 0 Å². The molecule has 4 nitrogen and oxygen atoms in total. The molecule has 5 heteroatoms. The Morgan fingerprint density at radius 1 is 1.36 bits per heavy atom. The number of nitrogens with zero attached hydrogens (tertiary/aromatic N) is 1. The van der Waals surface area contributed by atoms with Gasteiger partial charge in [0.05, 0.1) is 17.2 Å². The standard InChI is InChI=1S/C17H22N2O2S/c1-13-7-11-22-16(13)17(20)18-12-14(15-6-5-10-21-15)19-8-3-2-4-9-19/h5-7,10-11,14H,2-4,8-9,12H2,1H3,(H,18,20). The van der Waals surface area contributed by atoms with E-state index in [1.165, 1.54) is 30.6 Å². The van der Waals surface area contributed by atoms with Crippen LogP contribution in [0.4, 0.5) is 0 Å². The Morgan fingerprint density at radius 2 is 2.18 bits per heavy atom. The maximum Gasteiger partial charge on any atom is 0.261 e. The minimum atomic E-state index is 0.0149. The van der Waals surface area contributed by atoms with Gasteiger partial charge in [-0.05, 0) is 62.0 Å². The lowest BCUT2D eigenvalue weighted by molar-refractivity contribution is 0.0917. The first kappa shape index (κ1) is 15.3. The van der Waals surface area contributed by atoms with E-state index in [9.17, 15) is 4.79 Å². The third kappa shape index (κ3) is 3.42. The highest BCUT2D eigenvalue weighted by Crippen LogP contribution is 2.25. The Kier molecular flexibility index (Phi) is 4.95. The highest BCUT2D eigenvalue weighted by atomic mass is 32.1. The number of furan rings is 1. The molecular weight excluding hydrogens is 296 g/mol. The molecule has 0 bridgehead atoms. The normalized spacial score (nSPS) is 17.3. The summed E-state index contributed by atoms with van der Waals surface area (Å²) in [4.78, 5) is 15.6. The first-order valence-electron chi connectivity index (χ1n) is 7.85. The number of thiophene rings is 1. The summed E-state index contributed by atoms with van der Waals surface area (Å²) in [6, 6.07) is 6.02. The van der Waals surface area contributed by atoms with Crippen LogP contribution in [0.15, 0.2) is 34.3 Å². The molecule has 1 unspecified atom stereocenters. The largest absolute Gasteiger partial charge is 0.468 e. The van der Waals surface area contributed by atoms with Crippen LogP contribution in [-0.4, -0.2) is 30.4 Å². The van der Waals surface area contributed by atoms with Gasteiger partial charge < -0.3 is 9.73 Å². The lowest BCUT2D eigenvalue weighted by Crippen LogP contribution is -2.40. The predicted octanol–water partition coefficient (Wildman–Crippen LogP) is 3.61. The highest BCUT2D eigenvalue weighted by Gasteiger charge is 2.25. The molecule has 0 spiro atoms. The molecule has 0 aliphatic carbocycles. The number of hydrogen-bond donors (Lipinski definition) is 1. The second kappa shape index (κ2) is 7.11. The molecule has 2 aromatic rings. The number of rotatable bonds is 5. The number of nitrogens with one attached hydrogen (secondary N) is 1. The van der Waals surface area contributed by atoms with E-state index in [1.54, 1.807) is 6.26 Å². The van der Waals surface area contributed by atoms with Gasteiger partial charge in [-0.25, -0.2) is 0 Å². The van der Waals surface area contributed by atoms with Crippen LogP contribution in [0.25, 0.3) is 0 Å². The second-order valence-corrected chi connectivity index (χ2v) is 6.69. The van der Waals surface area contributed by atoms with E-state index in [2.05, 4.69) is 10.2 Å². The Balaban J connectivity index is 1.68. The van der Waals surface area contributed by atoms with Crippen LogP contribution in [0, 0.1) is 6.92 Å². The topological polar surface area (TPSA) is 45.5 Å². The van der Waals surface area contributed by atoms with Crippen LogP contribution in [0.1, 0.15) is 46.3 Å². The Bertz CT molecular complexity index is 600. The monoisotopic (exact) mass is 318 g/mol. The second-order valence-electron chi connectivity index (χ2n) is 5.77. The molecule has 118 valence electrons. The number of hydrogen-bond acceptors (Lipinski definition) is 4. The minimum Gasteiger partial charge on any atom is -0.468 e. The van der Waals surface area contributed by atoms with Gasteiger partial charge in [0.2, 0.25) is 0 Å². The third-order valence-corrected chi connectivity index (χ3v) is 5.24. The van der Waals surface area contributed by atoms with Crippen molar-refractivity contribution in [1.82, 2.24) is 10.2 Å². The van der Waals surface area contributed by atoms with E-state index >= 15 is 0 Å². The zero-order valence-corrected chi connectivity index (χ0v) is 13.7. The van der Waals surface area contributed by atoms with Gasteiger partial charge in [0.15, 0.2) is 0 Å². The lowest BCUT2D eigenvalue weighted by Gasteiger charge is -2.33. The summed E-state index contributed by atoms with van der Waals surface area (Å²) >= 11 is 1.49. The van der Waals surface area contributed by atoms with Crippen molar-refractivity contribution in [3.8, 4) is 0 Å². The summed E-state index contributed by atoms with van der Waals surface area (Å²) in [6.07, 6.45) is 5.43. The van der Waals surface area contributed by atoms with Crippen LogP contribution in [0.2, 0.25) is 0 Å². The smallest absolute Gasteiger partial charge is 0.261 e. The number of piperidine rings is 1. The van der Waals surface area contributed by atoms with E-state index in [-0.39, 0.29) is 11.9 Å². The van der Waals surface area contributed by atoms with Gasteiger partial charge in [-0.1, -0.05) is 6.42 Å². The van der Waals surface area contributed by atoms with E-state index < -0.39 is 0 Å². The summed E-state index contributed by atoms with van der Waals surface area (Å²) < 4.78 is 5.61. The molecule has 0 saturated carbocycles. The van der Waals surface area contributed by atoms with E-state index in [1.807, 2.05) is 30.5 Å². The number of likely N-dealkylation sites (tertiary alicyclic amines) is 1. The Labute approximate surface area is 135 Å². The maximum absolute atomic E-state index is 12.3. The molecule has 1 N–H and O–H groups in total. The summed E-state index contributed by atoms with van der Waals surface area (Å²) in [5, 5.41) is 5.04.